The number of para-hydroxylation sites is 1. The minimum Gasteiger partial charge on any atom is -0.451 e. The Morgan fingerprint density at radius 3 is 2.41 bits per heavy atom. The first-order valence-corrected chi connectivity index (χ1v) is 8.90. The molecule has 1 aliphatic rings. The zero-order valence-corrected chi connectivity index (χ0v) is 14.7. The van der Waals surface area contributed by atoms with Gasteiger partial charge in [-0.15, -0.1) is 0 Å². The van der Waals surface area contributed by atoms with E-state index in [0.29, 0.717) is 43.1 Å². The van der Waals surface area contributed by atoms with Gasteiger partial charge in [0.2, 0.25) is 5.91 Å². The molecule has 0 unspecified atom stereocenters. The monoisotopic (exact) mass is 366 g/mol. The predicted octanol–water partition coefficient (Wildman–Crippen LogP) is 3.10. The van der Waals surface area contributed by atoms with Crippen LogP contribution in [0.1, 0.15) is 16.1 Å². The second-order valence-corrected chi connectivity index (χ2v) is 6.63. The lowest BCUT2D eigenvalue weighted by molar-refractivity contribution is -0.131. The summed E-state index contributed by atoms with van der Waals surface area (Å²) in [7, 11) is 0. The molecule has 3 aromatic rings. The summed E-state index contributed by atoms with van der Waals surface area (Å²) in [6.45, 7) is 1.82. The molecule has 1 saturated heterocycles. The van der Waals surface area contributed by atoms with Gasteiger partial charge in [0.25, 0.3) is 5.91 Å². The highest BCUT2D eigenvalue weighted by Gasteiger charge is 2.26. The molecule has 2 amide bonds. The van der Waals surface area contributed by atoms with Crippen molar-refractivity contribution in [3.8, 4) is 0 Å². The summed E-state index contributed by atoms with van der Waals surface area (Å²) in [5, 5.41) is 0.893. The third-order valence-corrected chi connectivity index (χ3v) is 4.80. The van der Waals surface area contributed by atoms with Gasteiger partial charge in [0.05, 0.1) is 6.42 Å². The van der Waals surface area contributed by atoms with Crippen molar-refractivity contribution < 1.29 is 18.4 Å². The average Bonchev–Trinajstić information content (AvgIpc) is 3.12. The molecule has 0 bridgehead atoms. The topological polar surface area (TPSA) is 53.8 Å². The van der Waals surface area contributed by atoms with Gasteiger partial charge < -0.3 is 14.2 Å². The molecule has 5 nitrogen and oxygen atoms in total. The van der Waals surface area contributed by atoms with Gasteiger partial charge in [-0.1, -0.05) is 30.3 Å². The Kier molecular flexibility index (Phi) is 4.62. The molecular weight excluding hydrogens is 347 g/mol. The van der Waals surface area contributed by atoms with Crippen LogP contribution in [0.25, 0.3) is 11.0 Å². The number of carbonyl (C=O) groups is 2. The van der Waals surface area contributed by atoms with Crippen LogP contribution in [0.5, 0.6) is 0 Å². The Morgan fingerprint density at radius 1 is 0.926 bits per heavy atom. The van der Waals surface area contributed by atoms with E-state index in [1.807, 2.05) is 24.3 Å². The molecule has 0 N–H and O–H groups in total. The van der Waals surface area contributed by atoms with Gasteiger partial charge in [-0.05, 0) is 29.8 Å². The standard InChI is InChI=1S/C21H19FN2O3/c22-17-6-3-4-15(12-17)13-20(25)23-8-10-24(11-9-23)21(26)19-14-16-5-1-2-7-18(16)27-19/h1-7,12,14H,8-11,13H2. The average molecular weight is 366 g/mol. The number of fused-ring (bicyclic) bond motifs is 1. The summed E-state index contributed by atoms with van der Waals surface area (Å²) in [5.74, 6) is -0.253. The zero-order valence-electron chi connectivity index (χ0n) is 14.7. The van der Waals surface area contributed by atoms with E-state index in [1.165, 1.54) is 12.1 Å². The van der Waals surface area contributed by atoms with Crippen molar-refractivity contribution in [2.24, 2.45) is 0 Å². The van der Waals surface area contributed by atoms with Crippen LogP contribution in [0.2, 0.25) is 0 Å². The molecule has 2 heterocycles. The van der Waals surface area contributed by atoms with E-state index in [-0.39, 0.29) is 24.1 Å². The van der Waals surface area contributed by atoms with E-state index in [4.69, 9.17) is 4.42 Å². The van der Waals surface area contributed by atoms with Crippen molar-refractivity contribution in [3.63, 3.8) is 0 Å². The van der Waals surface area contributed by atoms with Crippen LogP contribution in [0.15, 0.2) is 59.0 Å². The van der Waals surface area contributed by atoms with Gasteiger partial charge in [0, 0.05) is 31.6 Å². The Bertz CT molecular complexity index is 957. The van der Waals surface area contributed by atoms with E-state index in [0.717, 1.165) is 5.39 Å². The van der Waals surface area contributed by atoms with Crippen molar-refractivity contribution in [1.82, 2.24) is 9.80 Å². The molecule has 2 aromatic carbocycles. The predicted molar refractivity (Wildman–Crippen MR) is 98.8 cm³/mol. The Balaban J connectivity index is 1.36. The number of halogens is 1. The summed E-state index contributed by atoms with van der Waals surface area (Å²) in [6.07, 6.45) is 0.162. The van der Waals surface area contributed by atoms with Gasteiger partial charge in [-0.25, -0.2) is 4.39 Å². The van der Waals surface area contributed by atoms with E-state index in [2.05, 4.69) is 0 Å². The molecule has 1 aliphatic heterocycles. The Morgan fingerprint density at radius 2 is 1.67 bits per heavy atom. The molecule has 0 radical (unpaired) electrons. The molecule has 0 spiro atoms. The lowest BCUT2D eigenvalue weighted by Crippen LogP contribution is -2.50. The fraction of sp³-hybridized carbons (Fsp3) is 0.238. The lowest BCUT2D eigenvalue weighted by Gasteiger charge is -2.34. The van der Waals surface area contributed by atoms with Crippen molar-refractivity contribution in [1.29, 1.82) is 0 Å². The third-order valence-electron chi connectivity index (χ3n) is 4.80. The number of hydrogen-bond acceptors (Lipinski definition) is 3. The summed E-state index contributed by atoms with van der Waals surface area (Å²) >= 11 is 0. The van der Waals surface area contributed by atoms with Crippen LogP contribution in [0.4, 0.5) is 4.39 Å². The minimum atomic E-state index is -0.346. The van der Waals surface area contributed by atoms with Crippen molar-refractivity contribution in [3.05, 3.63) is 71.7 Å². The number of benzene rings is 2. The number of furan rings is 1. The van der Waals surface area contributed by atoms with E-state index in [9.17, 15) is 14.0 Å². The number of rotatable bonds is 3. The van der Waals surface area contributed by atoms with Gasteiger partial charge in [0.1, 0.15) is 11.4 Å². The highest BCUT2D eigenvalue weighted by molar-refractivity contribution is 5.96. The molecular formula is C21H19FN2O3. The molecule has 4 rings (SSSR count). The molecule has 138 valence electrons. The maximum Gasteiger partial charge on any atom is 0.289 e. The van der Waals surface area contributed by atoms with Crippen molar-refractivity contribution in [2.75, 3.05) is 26.2 Å². The van der Waals surface area contributed by atoms with E-state index in [1.54, 1.807) is 28.0 Å². The highest BCUT2D eigenvalue weighted by atomic mass is 19.1. The van der Waals surface area contributed by atoms with E-state index < -0.39 is 0 Å². The molecule has 0 saturated carbocycles. The molecule has 0 atom stereocenters. The third kappa shape index (κ3) is 3.69. The number of carbonyl (C=O) groups excluding carboxylic acids is 2. The molecule has 6 heteroatoms. The maximum atomic E-state index is 13.3. The van der Waals surface area contributed by atoms with Crippen LogP contribution >= 0.6 is 0 Å². The van der Waals surface area contributed by atoms with Crippen LogP contribution in [0.3, 0.4) is 0 Å². The normalized spacial score (nSPS) is 14.6. The first kappa shape index (κ1) is 17.3. The van der Waals surface area contributed by atoms with Gasteiger partial charge in [-0.3, -0.25) is 9.59 Å². The largest absolute Gasteiger partial charge is 0.451 e. The smallest absolute Gasteiger partial charge is 0.289 e. The van der Waals surface area contributed by atoms with Gasteiger partial charge in [0.15, 0.2) is 5.76 Å². The number of amides is 2. The van der Waals surface area contributed by atoms with E-state index >= 15 is 0 Å². The second-order valence-electron chi connectivity index (χ2n) is 6.63. The first-order valence-electron chi connectivity index (χ1n) is 8.90. The lowest BCUT2D eigenvalue weighted by atomic mass is 10.1. The molecule has 1 fully saturated rings. The van der Waals surface area contributed by atoms with Crippen LogP contribution < -0.4 is 0 Å². The highest BCUT2D eigenvalue weighted by Crippen LogP contribution is 2.20. The summed E-state index contributed by atoms with van der Waals surface area (Å²) in [6, 6.07) is 15.3. The molecule has 27 heavy (non-hydrogen) atoms. The first-order chi connectivity index (χ1) is 13.1. The SMILES string of the molecule is O=C(Cc1cccc(F)c1)N1CCN(C(=O)c2cc3ccccc3o2)CC1. The minimum absolute atomic E-state index is 0.0589. The Labute approximate surface area is 156 Å². The van der Waals surface area contributed by atoms with Crippen LogP contribution in [0, 0.1) is 5.82 Å². The number of piperazine rings is 1. The fourth-order valence-electron chi connectivity index (χ4n) is 3.34. The quantitative estimate of drug-likeness (QED) is 0.716. The van der Waals surface area contributed by atoms with Crippen molar-refractivity contribution >= 4 is 22.8 Å². The van der Waals surface area contributed by atoms with Crippen LogP contribution in [-0.4, -0.2) is 47.8 Å². The number of hydrogen-bond donors (Lipinski definition) is 0. The van der Waals surface area contributed by atoms with Crippen molar-refractivity contribution in [2.45, 2.75) is 6.42 Å². The second kappa shape index (κ2) is 7.23. The fourth-order valence-corrected chi connectivity index (χ4v) is 3.34. The van der Waals surface area contributed by atoms with Crippen LogP contribution in [-0.2, 0) is 11.2 Å². The van der Waals surface area contributed by atoms with Gasteiger partial charge >= 0.3 is 0 Å². The molecule has 1 aromatic heterocycles. The summed E-state index contributed by atoms with van der Waals surface area (Å²) in [5.41, 5.74) is 1.34. The maximum absolute atomic E-state index is 13.3. The van der Waals surface area contributed by atoms with Gasteiger partial charge in [-0.2, -0.15) is 0 Å². The molecule has 0 aliphatic carbocycles. The summed E-state index contributed by atoms with van der Waals surface area (Å²) in [4.78, 5) is 28.5. The number of nitrogens with zero attached hydrogens (tertiary/aromatic N) is 2. The zero-order chi connectivity index (χ0) is 18.8. The summed E-state index contributed by atoms with van der Waals surface area (Å²) < 4.78 is 18.9. The Hall–Kier alpha value is -3.15.